The monoisotopic (exact) mass is 302 g/mol. The summed E-state index contributed by atoms with van der Waals surface area (Å²) in [6.45, 7) is -1.92. The van der Waals surface area contributed by atoms with Crippen molar-refractivity contribution in [3.05, 3.63) is 35.7 Å². The van der Waals surface area contributed by atoms with Crippen molar-refractivity contribution in [2.75, 3.05) is 6.61 Å². The Bertz CT molecular complexity index is 639. The number of benzene rings is 1. The van der Waals surface area contributed by atoms with Crippen LogP contribution in [0.5, 0.6) is 0 Å². The number of carbonyl (C=O) groups is 1. The number of nitrogens with zero attached hydrogens (tertiary/aromatic N) is 2. The highest BCUT2D eigenvalue weighted by atomic mass is 19.4. The molecule has 2 rings (SSSR count). The lowest BCUT2D eigenvalue weighted by Crippen LogP contribution is -2.16. The summed E-state index contributed by atoms with van der Waals surface area (Å²) in [5.74, 6) is -1.38. The second-order valence-electron chi connectivity index (χ2n) is 3.97. The SMILES string of the molecule is O=C(O)c1ccccc1-c1nc(COCC(F)(F)F)no1. The molecule has 0 radical (unpaired) electrons. The van der Waals surface area contributed by atoms with Crippen LogP contribution in [0, 0.1) is 0 Å². The van der Waals surface area contributed by atoms with Crippen LogP contribution in [-0.4, -0.2) is 34.0 Å². The molecule has 0 aliphatic carbocycles. The van der Waals surface area contributed by atoms with Gasteiger partial charge in [0.15, 0.2) is 5.82 Å². The molecule has 0 fully saturated rings. The van der Waals surface area contributed by atoms with Gasteiger partial charge in [0.05, 0.1) is 11.1 Å². The minimum Gasteiger partial charge on any atom is -0.478 e. The second-order valence-corrected chi connectivity index (χ2v) is 3.97. The van der Waals surface area contributed by atoms with Crippen molar-refractivity contribution in [3.8, 4) is 11.5 Å². The molecule has 0 spiro atoms. The van der Waals surface area contributed by atoms with Crippen LogP contribution in [-0.2, 0) is 11.3 Å². The zero-order chi connectivity index (χ0) is 15.5. The molecule has 112 valence electrons. The lowest BCUT2D eigenvalue weighted by atomic mass is 10.1. The molecule has 0 aliphatic heterocycles. The van der Waals surface area contributed by atoms with Crippen molar-refractivity contribution in [2.45, 2.75) is 12.8 Å². The van der Waals surface area contributed by atoms with Gasteiger partial charge in [-0.1, -0.05) is 17.3 Å². The van der Waals surface area contributed by atoms with Crippen LogP contribution in [0.1, 0.15) is 16.2 Å². The molecule has 0 amide bonds. The predicted molar refractivity (Wildman–Crippen MR) is 62.4 cm³/mol. The van der Waals surface area contributed by atoms with Crippen LogP contribution in [0.4, 0.5) is 13.2 Å². The van der Waals surface area contributed by atoms with Gasteiger partial charge >= 0.3 is 12.1 Å². The first-order valence-electron chi connectivity index (χ1n) is 5.66. The van der Waals surface area contributed by atoms with Gasteiger partial charge in [0.1, 0.15) is 13.2 Å². The van der Waals surface area contributed by atoms with E-state index >= 15 is 0 Å². The molecule has 6 nitrogen and oxygen atoms in total. The number of aromatic carboxylic acids is 1. The number of carboxylic acid groups (broad SMARTS) is 1. The summed E-state index contributed by atoms with van der Waals surface area (Å²) in [4.78, 5) is 14.9. The number of rotatable bonds is 5. The van der Waals surface area contributed by atoms with Crippen molar-refractivity contribution in [1.29, 1.82) is 0 Å². The van der Waals surface area contributed by atoms with Crippen LogP contribution in [0.2, 0.25) is 0 Å². The Kier molecular flexibility index (Phi) is 4.22. The van der Waals surface area contributed by atoms with Crippen molar-refractivity contribution in [2.24, 2.45) is 0 Å². The first-order chi connectivity index (χ1) is 9.87. The van der Waals surface area contributed by atoms with E-state index in [1.165, 1.54) is 18.2 Å². The molecule has 0 atom stereocenters. The van der Waals surface area contributed by atoms with Gasteiger partial charge in [-0.25, -0.2) is 4.79 Å². The lowest BCUT2D eigenvalue weighted by molar-refractivity contribution is -0.177. The van der Waals surface area contributed by atoms with E-state index in [1.54, 1.807) is 6.07 Å². The number of alkyl halides is 3. The fraction of sp³-hybridized carbons (Fsp3) is 0.250. The van der Waals surface area contributed by atoms with E-state index in [9.17, 15) is 18.0 Å². The molecule has 9 heteroatoms. The third kappa shape index (κ3) is 4.02. The third-order valence-corrected chi connectivity index (χ3v) is 2.35. The van der Waals surface area contributed by atoms with Gasteiger partial charge in [-0.3, -0.25) is 0 Å². The maximum absolute atomic E-state index is 11.9. The number of halogens is 3. The number of hydrogen-bond donors (Lipinski definition) is 1. The highest BCUT2D eigenvalue weighted by Gasteiger charge is 2.27. The quantitative estimate of drug-likeness (QED) is 0.913. The van der Waals surface area contributed by atoms with E-state index in [1.807, 2.05) is 0 Å². The molecule has 1 N–H and O–H groups in total. The smallest absolute Gasteiger partial charge is 0.411 e. The van der Waals surface area contributed by atoms with Gasteiger partial charge in [0, 0.05) is 0 Å². The van der Waals surface area contributed by atoms with Gasteiger partial charge in [-0.15, -0.1) is 0 Å². The van der Waals surface area contributed by atoms with Gasteiger partial charge in [-0.2, -0.15) is 18.2 Å². The molecule has 0 saturated heterocycles. The van der Waals surface area contributed by atoms with E-state index in [-0.39, 0.29) is 22.8 Å². The van der Waals surface area contributed by atoms with Crippen molar-refractivity contribution in [1.82, 2.24) is 10.1 Å². The summed E-state index contributed by atoms with van der Waals surface area (Å²) in [6.07, 6.45) is -4.44. The molecular formula is C12H9F3N2O4. The lowest BCUT2D eigenvalue weighted by Gasteiger charge is -2.04. The molecule has 21 heavy (non-hydrogen) atoms. The Hall–Kier alpha value is -2.42. The Labute approximate surface area is 116 Å². The molecule has 0 saturated carbocycles. The van der Waals surface area contributed by atoms with E-state index in [0.29, 0.717) is 0 Å². The molecule has 2 aromatic rings. The molecule has 0 bridgehead atoms. The maximum Gasteiger partial charge on any atom is 0.411 e. The first kappa shape index (κ1) is 15.0. The summed E-state index contributed by atoms with van der Waals surface area (Å²) >= 11 is 0. The first-order valence-corrected chi connectivity index (χ1v) is 5.66. The molecule has 0 unspecified atom stereocenters. The number of ether oxygens (including phenoxy) is 1. The Balaban J connectivity index is 2.12. The largest absolute Gasteiger partial charge is 0.478 e. The maximum atomic E-state index is 11.9. The van der Waals surface area contributed by atoms with Crippen LogP contribution in [0.15, 0.2) is 28.8 Å². The zero-order valence-electron chi connectivity index (χ0n) is 10.4. The minimum atomic E-state index is -4.44. The number of aromatic nitrogens is 2. The highest BCUT2D eigenvalue weighted by molar-refractivity contribution is 5.94. The molecule has 1 aromatic carbocycles. The Morgan fingerprint density at radius 1 is 1.33 bits per heavy atom. The molecule has 0 aliphatic rings. The molecule has 1 heterocycles. The van der Waals surface area contributed by atoms with Gasteiger partial charge in [-0.05, 0) is 12.1 Å². The van der Waals surface area contributed by atoms with Gasteiger partial charge < -0.3 is 14.4 Å². The normalized spacial score (nSPS) is 11.6. The second kappa shape index (κ2) is 5.92. The highest BCUT2D eigenvalue weighted by Crippen LogP contribution is 2.22. The molecule has 1 aromatic heterocycles. The van der Waals surface area contributed by atoms with E-state index in [0.717, 1.165) is 0 Å². The summed E-state index contributed by atoms with van der Waals surface area (Å²) in [5.41, 5.74) is 0.128. The van der Waals surface area contributed by atoms with Crippen LogP contribution >= 0.6 is 0 Å². The summed E-state index contributed by atoms with van der Waals surface area (Å²) in [6, 6.07) is 5.90. The average Bonchev–Trinajstić information content (AvgIpc) is 2.86. The van der Waals surface area contributed by atoms with Crippen molar-refractivity contribution >= 4 is 5.97 Å². The zero-order valence-corrected chi connectivity index (χ0v) is 10.4. The van der Waals surface area contributed by atoms with Crippen LogP contribution in [0.25, 0.3) is 11.5 Å². The number of hydrogen-bond acceptors (Lipinski definition) is 5. The fourth-order valence-electron chi connectivity index (χ4n) is 1.54. The Morgan fingerprint density at radius 3 is 2.71 bits per heavy atom. The van der Waals surface area contributed by atoms with Crippen molar-refractivity contribution in [3.63, 3.8) is 0 Å². The standard InChI is InChI=1S/C12H9F3N2O4/c13-12(14,15)6-20-5-9-16-10(21-17-9)7-3-1-2-4-8(7)11(18)19/h1-4H,5-6H2,(H,18,19). The van der Waals surface area contributed by atoms with Gasteiger partial charge in [0.25, 0.3) is 5.89 Å². The topological polar surface area (TPSA) is 85.5 Å². The van der Waals surface area contributed by atoms with Gasteiger partial charge in [0.2, 0.25) is 0 Å². The fourth-order valence-corrected chi connectivity index (χ4v) is 1.54. The van der Waals surface area contributed by atoms with E-state index in [2.05, 4.69) is 14.9 Å². The van der Waals surface area contributed by atoms with Crippen LogP contribution < -0.4 is 0 Å². The summed E-state index contributed by atoms with van der Waals surface area (Å²) < 4.78 is 45.0. The average molecular weight is 302 g/mol. The minimum absolute atomic E-state index is 0.0519. The number of carboxylic acids is 1. The molecular weight excluding hydrogens is 293 g/mol. The predicted octanol–water partition coefficient (Wildman–Crippen LogP) is 2.51. The van der Waals surface area contributed by atoms with Crippen LogP contribution in [0.3, 0.4) is 0 Å². The van der Waals surface area contributed by atoms with E-state index < -0.39 is 25.4 Å². The van der Waals surface area contributed by atoms with Crippen molar-refractivity contribution < 1.29 is 32.3 Å². The van der Waals surface area contributed by atoms with E-state index in [4.69, 9.17) is 9.63 Å². The summed E-state index contributed by atoms with van der Waals surface area (Å²) in [7, 11) is 0. The Morgan fingerprint density at radius 2 is 2.05 bits per heavy atom. The third-order valence-electron chi connectivity index (χ3n) is 2.35. The summed E-state index contributed by atoms with van der Waals surface area (Å²) in [5, 5.41) is 12.5.